The molecule has 1 nitrogen and oxygen atoms in total. The second-order valence-electron chi connectivity index (χ2n) is 3.88. The van der Waals surface area contributed by atoms with E-state index in [1.807, 2.05) is 13.8 Å². The molecule has 0 aromatic heterocycles. The van der Waals surface area contributed by atoms with Gasteiger partial charge >= 0.3 is 0 Å². The zero-order chi connectivity index (χ0) is 8.97. The highest BCUT2D eigenvalue weighted by Crippen LogP contribution is 2.35. The monoisotopic (exact) mass is 169 g/mol. The van der Waals surface area contributed by atoms with Crippen LogP contribution in [-0.2, 0) is 0 Å². The third-order valence-electron chi connectivity index (χ3n) is 3.27. The number of rotatable bonds is 0. The summed E-state index contributed by atoms with van der Waals surface area (Å²) in [7, 11) is 2.29. The molecule has 72 valence electrons. The van der Waals surface area contributed by atoms with Crippen molar-refractivity contribution in [2.75, 3.05) is 13.6 Å². The molecule has 1 saturated carbocycles. The fourth-order valence-corrected chi connectivity index (χ4v) is 2.70. The van der Waals surface area contributed by atoms with Crippen LogP contribution in [0.4, 0.5) is 0 Å². The molecule has 12 heavy (non-hydrogen) atoms. The van der Waals surface area contributed by atoms with E-state index in [0.29, 0.717) is 0 Å². The van der Waals surface area contributed by atoms with E-state index in [-0.39, 0.29) is 0 Å². The van der Waals surface area contributed by atoms with Crippen LogP contribution in [0.3, 0.4) is 0 Å². The first-order valence-electron chi connectivity index (χ1n) is 5.58. The molecule has 1 saturated heterocycles. The third kappa shape index (κ3) is 2.01. The summed E-state index contributed by atoms with van der Waals surface area (Å²) >= 11 is 0. The highest BCUT2D eigenvalue weighted by Gasteiger charge is 2.32. The number of fused-ring (bicyclic) bond motifs is 1. The summed E-state index contributed by atoms with van der Waals surface area (Å²) in [5.74, 6) is 1.07. The Balaban J connectivity index is 0.000000336. The third-order valence-corrected chi connectivity index (χ3v) is 3.27. The molecule has 1 aliphatic carbocycles. The standard InChI is InChI=1S/C9H17N.C2H6/c1-10-7-3-5-8-4-2-6-9(8)10;1-2/h8-9H,2-7H2,1H3;1-2H3/t8-,9-;/m1./s1. The topological polar surface area (TPSA) is 3.24 Å². The van der Waals surface area contributed by atoms with Gasteiger partial charge in [0, 0.05) is 6.04 Å². The quantitative estimate of drug-likeness (QED) is 0.539. The van der Waals surface area contributed by atoms with Gasteiger partial charge in [-0.1, -0.05) is 20.3 Å². The molecule has 2 rings (SSSR count). The molecular weight excluding hydrogens is 146 g/mol. The minimum atomic E-state index is 0.966. The fraction of sp³-hybridized carbons (Fsp3) is 1.00. The molecule has 0 unspecified atom stereocenters. The lowest BCUT2D eigenvalue weighted by Crippen LogP contribution is -2.39. The number of hydrogen-bond acceptors (Lipinski definition) is 1. The Labute approximate surface area is 77.1 Å². The van der Waals surface area contributed by atoms with Gasteiger partial charge in [-0.2, -0.15) is 0 Å². The molecule has 1 heterocycles. The van der Waals surface area contributed by atoms with E-state index < -0.39 is 0 Å². The van der Waals surface area contributed by atoms with Crippen LogP contribution in [0.15, 0.2) is 0 Å². The van der Waals surface area contributed by atoms with Crippen LogP contribution in [0.5, 0.6) is 0 Å². The van der Waals surface area contributed by atoms with Crippen LogP contribution >= 0.6 is 0 Å². The molecule has 0 aromatic carbocycles. The fourth-order valence-electron chi connectivity index (χ4n) is 2.70. The largest absolute Gasteiger partial charge is 0.303 e. The first-order chi connectivity index (χ1) is 5.88. The van der Waals surface area contributed by atoms with Gasteiger partial charge in [0.05, 0.1) is 0 Å². The van der Waals surface area contributed by atoms with Crippen LogP contribution in [0.1, 0.15) is 46.0 Å². The molecule has 2 fully saturated rings. The normalized spacial score (nSPS) is 35.2. The summed E-state index contributed by atoms with van der Waals surface area (Å²) in [6.07, 6.45) is 7.42. The summed E-state index contributed by atoms with van der Waals surface area (Å²) < 4.78 is 0. The number of piperidine rings is 1. The smallest absolute Gasteiger partial charge is 0.0120 e. The van der Waals surface area contributed by atoms with E-state index in [9.17, 15) is 0 Å². The molecule has 1 heteroatoms. The Morgan fingerprint density at radius 3 is 2.33 bits per heavy atom. The molecular formula is C11H23N. The van der Waals surface area contributed by atoms with Crippen LogP contribution in [-0.4, -0.2) is 24.5 Å². The molecule has 0 amide bonds. The van der Waals surface area contributed by atoms with Gasteiger partial charge in [-0.05, 0) is 45.2 Å². The average Bonchev–Trinajstić information content (AvgIpc) is 2.57. The lowest BCUT2D eigenvalue weighted by molar-refractivity contribution is 0.144. The van der Waals surface area contributed by atoms with Gasteiger partial charge < -0.3 is 4.90 Å². The number of likely N-dealkylation sites (tertiary alicyclic amines) is 1. The Hall–Kier alpha value is -0.0400. The first-order valence-corrected chi connectivity index (χ1v) is 5.58. The minimum absolute atomic E-state index is 0.966. The molecule has 0 N–H and O–H groups in total. The van der Waals surface area contributed by atoms with Crippen molar-refractivity contribution >= 4 is 0 Å². The Bertz CT molecular complexity index is 122. The van der Waals surface area contributed by atoms with Gasteiger partial charge in [-0.15, -0.1) is 0 Å². The molecule has 2 atom stereocenters. The summed E-state index contributed by atoms with van der Waals surface area (Å²) in [5, 5.41) is 0. The number of hydrogen-bond donors (Lipinski definition) is 0. The van der Waals surface area contributed by atoms with Gasteiger partial charge in [0.2, 0.25) is 0 Å². The maximum atomic E-state index is 2.57. The van der Waals surface area contributed by atoms with Crippen LogP contribution in [0, 0.1) is 5.92 Å². The van der Waals surface area contributed by atoms with Gasteiger partial charge in [-0.3, -0.25) is 0 Å². The van der Waals surface area contributed by atoms with Gasteiger partial charge in [0.1, 0.15) is 0 Å². The van der Waals surface area contributed by atoms with Crippen molar-refractivity contribution in [3.8, 4) is 0 Å². The van der Waals surface area contributed by atoms with Crippen LogP contribution in [0.2, 0.25) is 0 Å². The maximum Gasteiger partial charge on any atom is 0.0120 e. The molecule has 0 radical (unpaired) electrons. The molecule has 0 spiro atoms. The summed E-state index contributed by atoms with van der Waals surface area (Å²) in [6.45, 7) is 5.35. The van der Waals surface area contributed by atoms with E-state index in [0.717, 1.165) is 12.0 Å². The van der Waals surface area contributed by atoms with E-state index in [2.05, 4.69) is 11.9 Å². The van der Waals surface area contributed by atoms with Crippen molar-refractivity contribution in [2.24, 2.45) is 5.92 Å². The Morgan fingerprint density at radius 2 is 1.67 bits per heavy atom. The van der Waals surface area contributed by atoms with Crippen molar-refractivity contribution in [2.45, 2.75) is 52.0 Å². The summed E-state index contributed by atoms with van der Waals surface area (Å²) in [6, 6.07) is 0.966. The predicted octanol–water partition coefficient (Wildman–Crippen LogP) is 2.91. The lowest BCUT2D eigenvalue weighted by Gasteiger charge is -2.34. The summed E-state index contributed by atoms with van der Waals surface area (Å²) in [4.78, 5) is 2.57. The minimum Gasteiger partial charge on any atom is -0.303 e. The molecule has 1 aliphatic heterocycles. The second kappa shape index (κ2) is 4.86. The van der Waals surface area contributed by atoms with Crippen LogP contribution in [0.25, 0.3) is 0 Å². The van der Waals surface area contributed by atoms with E-state index >= 15 is 0 Å². The zero-order valence-electron chi connectivity index (χ0n) is 8.84. The van der Waals surface area contributed by atoms with Crippen molar-refractivity contribution in [1.82, 2.24) is 4.90 Å². The maximum absolute atomic E-state index is 2.57. The zero-order valence-corrected chi connectivity index (χ0v) is 8.84. The Kier molecular flexibility index (Phi) is 4.07. The predicted molar refractivity (Wildman–Crippen MR) is 54.3 cm³/mol. The molecule has 2 aliphatic rings. The van der Waals surface area contributed by atoms with Crippen molar-refractivity contribution in [1.29, 1.82) is 0 Å². The van der Waals surface area contributed by atoms with Crippen molar-refractivity contribution in [3.05, 3.63) is 0 Å². The van der Waals surface area contributed by atoms with E-state index in [4.69, 9.17) is 0 Å². The van der Waals surface area contributed by atoms with Crippen LogP contribution < -0.4 is 0 Å². The van der Waals surface area contributed by atoms with Gasteiger partial charge in [-0.25, -0.2) is 0 Å². The molecule has 0 aromatic rings. The first kappa shape index (κ1) is 10.0. The molecule has 0 bridgehead atoms. The highest BCUT2D eigenvalue weighted by molar-refractivity contribution is 4.87. The average molecular weight is 169 g/mol. The van der Waals surface area contributed by atoms with Gasteiger partial charge in [0.25, 0.3) is 0 Å². The lowest BCUT2D eigenvalue weighted by atomic mass is 9.93. The van der Waals surface area contributed by atoms with E-state index in [1.165, 1.54) is 38.6 Å². The van der Waals surface area contributed by atoms with Crippen molar-refractivity contribution in [3.63, 3.8) is 0 Å². The highest BCUT2D eigenvalue weighted by atomic mass is 15.1. The van der Waals surface area contributed by atoms with E-state index in [1.54, 1.807) is 0 Å². The summed E-state index contributed by atoms with van der Waals surface area (Å²) in [5.41, 5.74) is 0. The Morgan fingerprint density at radius 1 is 1.00 bits per heavy atom. The van der Waals surface area contributed by atoms with Crippen molar-refractivity contribution < 1.29 is 0 Å². The second-order valence-corrected chi connectivity index (χ2v) is 3.88. The van der Waals surface area contributed by atoms with Gasteiger partial charge in [0.15, 0.2) is 0 Å². The SMILES string of the molecule is CC.CN1CCC[C@H]2CCC[C@H]21. The number of nitrogens with zero attached hydrogens (tertiary/aromatic N) is 1.